The van der Waals surface area contributed by atoms with E-state index in [2.05, 4.69) is 0 Å². The highest BCUT2D eigenvalue weighted by Crippen LogP contribution is 2.36. The number of aromatic nitrogens is 1. The van der Waals surface area contributed by atoms with Gasteiger partial charge in [-0.2, -0.15) is 5.26 Å². The van der Waals surface area contributed by atoms with Crippen LogP contribution < -0.4 is 0 Å². The van der Waals surface area contributed by atoms with Gasteiger partial charge in [0.05, 0.1) is 17.0 Å². The number of rotatable bonds is 5. The summed E-state index contributed by atoms with van der Waals surface area (Å²) in [7, 11) is 0. The molecule has 120 valence electrons. The number of esters is 1. The van der Waals surface area contributed by atoms with Crippen molar-refractivity contribution < 1.29 is 9.53 Å². The second kappa shape index (κ2) is 7.39. The van der Waals surface area contributed by atoms with Crippen LogP contribution in [0, 0.1) is 11.3 Å². The highest BCUT2D eigenvalue weighted by Gasteiger charge is 2.19. The van der Waals surface area contributed by atoms with Gasteiger partial charge in [-0.25, -0.2) is 4.98 Å². The van der Waals surface area contributed by atoms with E-state index in [-0.39, 0.29) is 6.42 Å². The zero-order chi connectivity index (χ0) is 16.9. The molecule has 0 fully saturated rings. The van der Waals surface area contributed by atoms with Crippen LogP contribution in [0.2, 0.25) is 0 Å². The maximum absolute atomic E-state index is 12.1. The Kier molecular flexibility index (Phi) is 5.04. The van der Waals surface area contributed by atoms with Crippen molar-refractivity contribution in [3.8, 4) is 27.2 Å². The number of carbonyl (C=O) groups excluding carboxylic acids is 1. The molecule has 1 atom stereocenters. The summed E-state index contributed by atoms with van der Waals surface area (Å²) in [6.45, 7) is 1.56. The van der Waals surface area contributed by atoms with Crippen molar-refractivity contribution in [3.05, 3.63) is 52.7 Å². The Hall–Kier alpha value is -2.49. The number of thiophene rings is 1. The number of ether oxygens (including phenoxy) is 1. The highest BCUT2D eigenvalue weighted by molar-refractivity contribution is 7.17. The van der Waals surface area contributed by atoms with Gasteiger partial charge >= 0.3 is 5.97 Å². The molecular weight excluding hydrogens is 340 g/mol. The largest absolute Gasteiger partial charge is 0.447 e. The van der Waals surface area contributed by atoms with Gasteiger partial charge in [-0.1, -0.05) is 36.4 Å². The van der Waals surface area contributed by atoms with Gasteiger partial charge in [-0.05, 0) is 18.4 Å². The standard InChI is InChI=1S/C18H14N2O2S2/c1-12(11-19)22-16(21)10-15-17(14-8-5-9-23-14)20-18(24-15)13-6-3-2-4-7-13/h2-9,12H,10H2,1H3. The highest BCUT2D eigenvalue weighted by atomic mass is 32.1. The second-order valence-electron chi connectivity index (χ2n) is 5.07. The lowest BCUT2D eigenvalue weighted by Crippen LogP contribution is -2.14. The van der Waals surface area contributed by atoms with Crippen LogP contribution in [0.3, 0.4) is 0 Å². The first-order valence-electron chi connectivity index (χ1n) is 7.35. The fraction of sp³-hybridized carbons (Fsp3) is 0.167. The number of carbonyl (C=O) groups is 1. The molecule has 0 N–H and O–H groups in total. The molecule has 2 heterocycles. The zero-order valence-corrected chi connectivity index (χ0v) is 14.6. The van der Waals surface area contributed by atoms with Gasteiger partial charge in [-0.3, -0.25) is 4.79 Å². The molecule has 0 saturated carbocycles. The van der Waals surface area contributed by atoms with Crippen molar-refractivity contribution in [2.45, 2.75) is 19.4 Å². The summed E-state index contributed by atoms with van der Waals surface area (Å²) in [5, 5.41) is 11.6. The van der Waals surface area contributed by atoms with Gasteiger partial charge in [0.2, 0.25) is 0 Å². The number of benzene rings is 1. The van der Waals surface area contributed by atoms with Gasteiger partial charge < -0.3 is 4.74 Å². The number of thiazole rings is 1. The van der Waals surface area contributed by atoms with Crippen LogP contribution in [0.4, 0.5) is 0 Å². The minimum atomic E-state index is -0.746. The van der Waals surface area contributed by atoms with E-state index in [1.165, 1.54) is 11.3 Å². The molecule has 4 nitrogen and oxygen atoms in total. The molecule has 3 aromatic rings. The lowest BCUT2D eigenvalue weighted by Gasteiger charge is -2.05. The van der Waals surface area contributed by atoms with E-state index in [1.807, 2.05) is 53.9 Å². The summed E-state index contributed by atoms with van der Waals surface area (Å²) < 4.78 is 5.07. The Balaban J connectivity index is 1.93. The van der Waals surface area contributed by atoms with E-state index in [4.69, 9.17) is 15.0 Å². The first-order chi connectivity index (χ1) is 11.7. The van der Waals surface area contributed by atoms with Crippen LogP contribution in [-0.2, 0) is 16.0 Å². The van der Waals surface area contributed by atoms with E-state index in [1.54, 1.807) is 18.3 Å². The first kappa shape index (κ1) is 16.4. The normalized spacial score (nSPS) is 11.7. The van der Waals surface area contributed by atoms with Gasteiger partial charge in [-0.15, -0.1) is 22.7 Å². The van der Waals surface area contributed by atoms with Crippen molar-refractivity contribution in [1.82, 2.24) is 4.98 Å². The zero-order valence-electron chi connectivity index (χ0n) is 12.9. The third-order valence-electron chi connectivity index (χ3n) is 3.27. The van der Waals surface area contributed by atoms with E-state index in [0.29, 0.717) is 0 Å². The second-order valence-corrected chi connectivity index (χ2v) is 7.10. The fourth-order valence-corrected chi connectivity index (χ4v) is 4.05. The first-order valence-corrected chi connectivity index (χ1v) is 9.05. The van der Waals surface area contributed by atoms with Gasteiger partial charge in [0.1, 0.15) is 11.1 Å². The van der Waals surface area contributed by atoms with Crippen LogP contribution in [0.5, 0.6) is 0 Å². The van der Waals surface area contributed by atoms with Crippen LogP contribution in [0.25, 0.3) is 21.1 Å². The Labute approximate surface area is 148 Å². The molecule has 0 saturated heterocycles. The summed E-state index contributed by atoms with van der Waals surface area (Å²) in [6, 6.07) is 15.7. The monoisotopic (exact) mass is 354 g/mol. The van der Waals surface area contributed by atoms with Gasteiger partial charge in [0.15, 0.2) is 6.10 Å². The molecule has 0 spiro atoms. The number of hydrogen-bond donors (Lipinski definition) is 0. The summed E-state index contributed by atoms with van der Waals surface area (Å²) in [5.74, 6) is -0.412. The third-order valence-corrected chi connectivity index (χ3v) is 5.25. The number of nitrogens with zero attached hydrogens (tertiary/aromatic N) is 2. The van der Waals surface area contributed by atoms with Crippen LogP contribution in [-0.4, -0.2) is 17.1 Å². The summed E-state index contributed by atoms with van der Waals surface area (Å²) in [5.41, 5.74) is 1.83. The Bertz CT molecular complexity index is 864. The van der Waals surface area contributed by atoms with Crippen molar-refractivity contribution in [3.63, 3.8) is 0 Å². The summed E-state index contributed by atoms with van der Waals surface area (Å²) in [4.78, 5) is 18.7. The van der Waals surface area contributed by atoms with Crippen LogP contribution in [0.15, 0.2) is 47.8 Å². The predicted molar refractivity (Wildman–Crippen MR) is 95.7 cm³/mol. The topological polar surface area (TPSA) is 63.0 Å². The molecule has 0 bridgehead atoms. The van der Waals surface area contributed by atoms with E-state index in [9.17, 15) is 4.79 Å². The summed E-state index contributed by atoms with van der Waals surface area (Å²) in [6.07, 6.45) is -0.631. The van der Waals surface area contributed by atoms with E-state index in [0.717, 1.165) is 26.0 Å². The molecule has 3 rings (SSSR count). The number of hydrogen-bond acceptors (Lipinski definition) is 6. The SMILES string of the molecule is CC(C#N)OC(=O)Cc1sc(-c2ccccc2)nc1-c1cccs1. The molecule has 0 aliphatic carbocycles. The maximum atomic E-state index is 12.1. The Morgan fingerprint density at radius 2 is 2.08 bits per heavy atom. The smallest absolute Gasteiger partial charge is 0.312 e. The Morgan fingerprint density at radius 1 is 1.29 bits per heavy atom. The molecule has 0 aliphatic heterocycles. The molecule has 0 aliphatic rings. The van der Waals surface area contributed by atoms with Crippen molar-refractivity contribution in [2.75, 3.05) is 0 Å². The summed E-state index contributed by atoms with van der Waals surface area (Å²) >= 11 is 3.07. The average molecular weight is 354 g/mol. The number of nitriles is 1. The predicted octanol–water partition coefficient (Wildman–Crippen LogP) is 4.54. The van der Waals surface area contributed by atoms with Crippen molar-refractivity contribution in [2.24, 2.45) is 0 Å². The molecule has 24 heavy (non-hydrogen) atoms. The molecule has 1 unspecified atom stereocenters. The van der Waals surface area contributed by atoms with Gasteiger partial charge in [0.25, 0.3) is 0 Å². The third kappa shape index (κ3) is 3.70. The lowest BCUT2D eigenvalue weighted by atomic mass is 10.2. The van der Waals surface area contributed by atoms with Crippen molar-refractivity contribution >= 4 is 28.6 Å². The fourth-order valence-electron chi connectivity index (χ4n) is 2.18. The van der Waals surface area contributed by atoms with Crippen LogP contribution in [0.1, 0.15) is 11.8 Å². The van der Waals surface area contributed by atoms with Gasteiger partial charge in [0, 0.05) is 10.4 Å². The van der Waals surface area contributed by atoms with E-state index >= 15 is 0 Å². The minimum Gasteiger partial charge on any atom is -0.447 e. The lowest BCUT2D eigenvalue weighted by molar-refractivity contribution is -0.144. The molecule has 0 radical (unpaired) electrons. The van der Waals surface area contributed by atoms with Crippen molar-refractivity contribution in [1.29, 1.82) is 5.26 Å². The van der Waals surface area contributed by atoms with Crippen LogP contribution >= 0.6 is 22.7 Å². The molecule has 6 heteroatoms. The minimum absolute atomic E-state index is 0.115. The quantitative estimate of drug-likeness (QED) is 0.631. The van der Waals surface area contributed by atoms with E-state index < -0.39 is 12.1 Å². The average Bonchev–Trinajstić information content (AvgIpc) is 3.24. The molecule has 2 aromatic heterocycles. The Morgan fingerprint density at radius 3 is 2.75 bits per heavy atom. The molecule has 0 amide bonds. The molecular formula is C18H14N2O2S2. The maximum Gasteiger partial charge on any atom is 0.312 e. The molecule has 1 aromatic carbocycles.